The van der Waals surface area contributed by atoms with Crippen LogP contribution >= 0.6 is 0 Å². The van der Waals surface area contributed by atoms with Gasteiger partial charge in [-0.05, 0) is 25.9 Å². The first-order chi connectivity index (χ1) is 8.53. The van der Waals surface area contributed by atoms with Crippen LogP contribution in [0.1, 0.15) is 46.5 Å². The first-order valence-electron chi connectivity index (χ1n) is 7.01. The van der Waals surface area contributed by atoms with Crippen molar-refractivity contribution in [3.05, 3.63) is 12.7 Å². The average molecular weight is 272 g/mol. The monoisotopic (exact) mass is 272 g/mol. The summed E-state index contributed by atoms with van der Waals surface area (Å²) in [6.45, 7) is 12.6. The van der Waals surface area contributed by atoms with E-state index in [0.717, 1.165) is 31.7 Å². The smallest absolute Gasteiger partial charge is 0.330 e. The number of hydrogen-bond acceptors (Lipinski definition) is 3. The van der Waals surface area contributed by atoms with Gasteiger partial charge in [0.25, 0.3) is 0 Å². The Morgan fingerprint density at radius 3 is 2.44 bits per heavy atom. The Morgan fingerprint density at radius 2 is 2.00 bits per heavy atom. The van der Waals surface area contributed by atoms with Gasteiger partial charge >= 0.3 is 5.97 Å². The van der Waals surface area contributed by atoms with Gasteiger partial charge in [-0.15, -0.1) is 0 Å². The van der Waals surface area contributed by atoms with Crippen LogP contribution in [0.25, 0.3) is 0 Å². The molecule has 0 saturated carbocycles. The van der Waals surface area contributed by atoms with Gasteiger partial charge in [0.2, 0.25) is 8.32 Å². The molecule has 0 amide bonds. The number of ether oxygens (including phenoxy) is 1. The molecule has 2 atom stereocenters. The third-order valence-electron chi connectivity index (χ3n) is 3.15. The zero-order valence-electron chi connectivity index (χ0n) is 12.3. The highest BCUT2D eigenvalue weighted by atomic mass is 28.4. The van der Waals surface area contributed by atoms with E-state index in [2.05, 4.69) is 27.0 Å². The highest BCUT2D eigenvalue weighted by molar-refractivity contribution is 6.73. The summed E-state index contributed by atoms with van der Waals surface area (Å²) in [5.74, 6) is -0.328. The van der Waals surface area contributed by atoms with Crippen molar-refractivity contribution in [2.24, 2.45) is 0 Å². The van der Waals surface area contributed by atoms with Crippen LogP contribution in [-0.4, -0.2) is 26.6 Å². The third-order valence-corrected chi connectivity index (χ3v) is 7.36. The topological polar surface area (TPSA) is 35.5 Å². The molecule has 0 saturated heterocycles. The first kappa shape index (κ1) is 17.4. The molecule has 0 aliphatic carbocycles. The molecular formula is C14H28O3Si. The van der Waals surface area contributed by atoms with E-state index in [1.165, 1.54) is 6.08 Å². The van der Waals surface area contributed by atoms with Gasteiger partial charge in [0.05, 0.1) is 0 Å². The Bertz CT molecular complexity index is 247. The van der Waals surface area contributed by atoms with Crippen LogP contribution in [0.2, 0.25) is 12.6 Å². The largest absolute Gasteiger partial charge is 0.460 e. The molecule has 0 spiro atoms. The van der Waals surface area contributed by atoms with Crippen LogP contribution in [0, 0.1) is 0 Å². The number of rotatable bonds is 10. The van der Waals surface area contributed by atoms with Crippen molar-refractivity contribution in [2.75, 3.05) is 6.61 Å². The molecule has 4 heteroatoms. The number of hydrogen-bond donors (Lipinski definition) is 0. The van der Waals surface area contributed by atoms with Crippen molar-refractivity contribution in [1.29, 1.82) is 0 Å². The number of carbonyl (C=O) groups is 1. The van der Waals surface area contributed by atoms with E-state index < -0.39 is 8.32 Å². The molecule has 0 N–H and O–H groups in total. The van der Waals surface area contributed by atoms with Crippen LogP contribution in [0.4, 0.5) is 0 Å². The highest BCUT2D eigenvalue weighted by Gasteiger charge is 2.39. The number of esters is 1. The van der Waals surface area contributed by atoms with Crippen molar-refractivity contribution in [2.45, 2.75) is 64.8 Å². The molecule has 0 rings (SSSR count). The fraction of sp³-hybridized carbons (Fsp3) is 0.786. The maximum Gasteiger partial charge on any atom is 0.330 e. The Kier molecular flexibility index (Phi) is 9.02. The van der Waals surface area contributed by atoms with E-state index in [9.17, 15) is 4.79 Å². The van der Waals surface area contributed by atoms with E-state index in [0.29, 0.717) is 6.61 Å². The summed E-state index contributed by atoms with van der Waals surface area (Å²) in [4.78, 5) is 11.5. The zero-order valence-corrected chi connectivity index (χ0v) is 13.3. The van der Waals surface area contributed by atoms with E-state index in [1.807, 2.05) is 6.92 Å². The van der Waals surface area contributed by atoms with Crippen LogP contribution in [0.3, 0.4) is 0 Å². The van der Waals surface area contributed by atoms with Crippen molar-refractivity contribution >= 4 is 14.3 Å². The summed E-state index contributed by atoms with van der Waals surface area (Å²) in [5, 5.41) is 0. The first-order valence-corrected chi connectivity index (χ1v) is 9.70. The summed E-state index contributed by atoms with van der Waals surface area (Å²) in [5.41, 5.74) is -0.0529. The molecule has 0 aliphatic heterocycles. The molecule has 3 nitrogen and oxygen atoms in total. The van der Waals surface area contributed by atoms with Gasteiger partial charge < -0.3 is 9.16 Å². The van der Waals surface area contributed by atoms with E-state index >= 15 is 0 Å². The predicted molar refractivity (Wildman–Crippen MR) is 77.9 cm³/mol. The van der Waals surface area contributed by atoms with Gasteiger partial charge in [-0.25, -0.2) is 4.79 Å². The van der Waals surface area contributed by atoms with Gasteiger partial charge in [-0.3, -0.25) is 0 Å². The minimum atomic E-state index is -1.99. The number of unbranched alkanes of at least 4 members (excludes halogenated alkanes) is 1. The van der Waals surface area contributed by atoms with E-state index in [-0.39, 0.29) is 11.7 Å². The summed E-state index contributed by atoms with van der Waals surface area (Å²) in [6.07, 6.45) is 5.38. The van der Waals surface area contributed by atoms with Gasteiger partial charge in [-0.1, -0.05) is 39.7 Å². The minimum absolute atomic E-state index is 0.0529. The summed E-state index contributed by atoms with van der Waals surface area (Å²) in [6, 6.07) is 1.03. The molecule has 0 aromatic rings. The van der Waals surface area contributed by atoms with Crippen LogP contribution in [-0.2, 0) is 14.0 Å². The Labute approximate surface area is 113 Å². The molecular weight excluding hydrogens is 244 g/mol. The van der Waals surface area contributed by atoms with Crippen LogP contribution < -0.4 is 0 Å². The fourth-order valence-corrected chi connectivity index (χ4v) is 5.70. The third kappa shape index (κ3) is 5.82. The van der Waals surface area contributed by atoms with Gasteiger partial charge in [0.15, 0.2) is 0 Å². The van der Waals surface area contributed by atoms with Crippen molar-refractivity contribution in [3.63, 3.8) is 0 Å². The molecule has 106 valence electrons. The molecule has 18 heavy (non-hydrogen) atoms. The predicted octanol–water partition coefficient (Wildman–Crippen LogP) is 3.84. The van der Waals surface area contributed by atoms with Crippen molar-refractivity contribution in [3.8, 4) is 0 Å². The molecule has 0 fully saturated rings. The number of carbonyl (C=O) groups excluding carboxylic acids is 1. The fourth-order valence-electron chi connectivity index (χ4n) is 2.22. The SMILES string of the molecule is C=CC(=O)OC(CCCC)[Si](C)(CCC)OCC. The molecule has 0 aromatic carbocycles. The normalized spacial score (nSPS) is 15.8. The molecule has 2 unspecified atom stereocenters. The van der Waals surface area contributed by atoms with Gasteiger partial charge in [-0.2, -0.15) is 0 Å². The molecule has 0 radical (unpaired) electrons. The summed E-state index contributed by atoms with van der Waals surface area (Å²) < 4.78 is 11.6. The van der Waals surface area contributed by atoms with E-state index in [1.54, 1.807) is 0 Å². The maximum absolute atomic E-state index is 11.5. The Morgan fingerprint density at radius 1 is 1.33 bits per heavy atom. The lowest BCUT2D eigenvalue weighted by Crippen LogP contribution is -2.50. The minimum Gasteiger partial charge on any atom is -0.460 e. The molecule has 0 bridgehead atoms. The quantitative estimate of drug-likeness (QED) is 0.344. The Balaban J connectivity index is 4.83. The van der Waals surface area contributed by atoms with Crippen LogP contribution in [0.5, 0.6) is 0 Å². The standard InChI is InChI=1S/C14H28O3Si/c1-6-10-11-14(17-13(15)8-3)18(5,12-7-2)16-9-4/h8,14H,3,6-7,9-12H2,1-2,4-5H3. The van der Waals surface area contributed by atoms with E-state index in [4.69, 9.17) is 9.16 Å². The summed E-state index contributed by atoms with van der Waals surface area (Å²) >= 11 is 0. The lowest BCUT2D eigenvalue weighted by Gasteiger charge is -2.34. The lowest BCUT2D eigenvalue weighted by molar-refractivity contribution is -0.140. The van der Waals surface area contributed by atoms with Gasteiger partial charge in [0.1, 0.15) is 5.73 Å². The lowest BCUT2D eigenvalue weighted by atomic mass is 10.3. The van der Waals surface area contributed by atoms with Crippen molar-refractivity contribution in [1.82, 2.24) is 0 Å². The molecule has 0 heterocycles. The zero-order chi connectivity index (χ0) is 14.0. The second-order valence-corrected chi connectivity index (χ2v) is 8.83. The second kappa shape index (κ2) is 9.33. The summed E-state index contributed by atoms with van der Waals surface area (Å²) in [7, 11) is -1.99. The molecule has 0 aliphatic rings. The highest BCUT2D eigenvalue weighted by Crippen LogP contribution is 2.25. The van der Waals surface area contributed by atoms with Gasteiger partial charge in [0, 0.05) is 12.7 Å². The van der Waals surface area contributed by atoms with Crippen molar-refractivity contribution < 1.29 is 14.0 Å². The van der Waals surface area contributed by atoms with Crippen LogP contribution in [0.15, 0.2) is 12.7 Å². The second-order valence-electron chi connectivity index (χ2n) is 4.77. The maximum atomic E-state index is 11.5. The Hall–Kier alpha value is -0.613. The average Bonchev–Trinajstić information content (AvgIpc) is 2.34. The molecule has 0 aromatic heterocycles.